The van der Waals surface area contributed by atoms with E-state index in [1.54, 1.807) is 0 Å². The highest BCUT2D eigenvalue weighted by Crippen LogP contribution is 2.36. The van der Waals surface area contributed by atoms with Crippen molar-refractivity contribution >= 4 is 23.1 Å². The van der Waals surface area contributed by atoms with Gasteiger partial charge in [-0.15, -0.1) is 0 Å². The fraction of sp³-hybridized carbons (Fsp3) is 0. The van der Waals surface area contributed by atoms with E-state index >= 15 is 17.6 Å². The summed E-state index contributed by atoms with van der Waals surface area (Å²) in [5.74, 6) is -60.2. The number of benzene rings is 4. The Balaban J connectivity index is 2.28. The van der Waals surface area contributed by atoms with Gasteiger partial charge < -0.3 is 0 Å². The lowest BCUT2D eigenvalue weighted by molar-refractivity contribution is 0.379. The Morgan fingerprint density at radius 3 is 0.545 bits per heavy atom. The molecule has 0 unspecified atom stereocenters. The molecule has 0 N–H and O–H groups in total. The second-order valence-corrected chi connectivity index (χ2v) is 8.39. The Bertz CT molecular complexity index is 1730. The molecule has 0 aromatic heterocycles. The summed E-state index contributed by atoms with van der Waals surface area (Å²) in [6.45, 7) is -4.25. The molecule has 44 heavy (non-hydrogen) atoms. The van der Waals surface area contributed by atoms with E-state index in [0.717, 1.165) is 0 Å². The van der Waals surface area contributed by atoms with E-state index in [-0.39, 0.29) is 0 Å². The minimum atomic E-state index is -4.25. The molecule has 4 aromatic rings. The van der Waals surface area contributed by atoms with Gasteiger partial charge in [-0.3, -0.25) is 0 Å². The van der Waals surface area contributed by atoms with E-state index in [1.165, 1.54) is 0 Å². The third kappa shape index (κ3) is 4.35. The van der Waals surface area contributed by atoms with Crippen LogP contribution < -0.4 is 16.4 Å². The Kier molecular flexibility index (Phi) is 8.10. The minimum absolute atomic E-state index is 2.75. The molecule has 0 spiro atoms. The van der Waals surface area contributed by atoms with Gasteiger partial charge in [0, 0.05) is 16.4 Å². The largest absolute Gasteiger partial charge is 0.265 e. The zero-order chi connectivity index (χ0) is 33.4. The van der Waals surface area contributed by atoms with Crippen LogP contribution in [0, 0.1) is 111 Å². The average molecular weight is 660 g/mol. The van der Waals surface area contributed by atoms with Gasteiger partial charge in [0.05, 0.1) is 11.1 Å². The predicted octanol–water partition coefficient (Wildman–Crippen LogP) is 6.51. The molecule has 0 aliphatic rings. The van der Waals surface area contributed by atoms with Crippen molar-refractivity contribution in [1.29, 1.82) is 0 Å². The molecule has 0 saturated carbocycles. The SMILES string of the molecule is Fc1c(F)c(F)c(B(c2c(F)c(F)c(F)c(F)c2F)c2c(F)c(F)c(-c3c(F)c(F)c(F)c(F)c3F)c(F)c2F)c(F)c1F. The van der Waals surface area contributed by atoms with Crippen LogP contribution in [0.5, 0.6) is 0 Å². The van der Waals surface area contributed by atoms with Crippen LogP contribution in [-0.2, 0) is 0 Å². The molecule has 0 bridgehead atoms. The summed E-state index contributed by atoms with van der Waals surface area (Å²) in [6.07, 6.45) is 0. The van der Waals surface area contributed by atoms with Crippen LogP contribution in [0.25, 0.3) is 11.1 Å². The van der Waals surface area contributed by atoms with E-state index in [1.807, 2.05) is 0 Å². The predicted molar refractivity (Wildman–Crippen MR) is 109 cm³/mol. The van der Waals surface area contributed by atoms with Gasteiger partial charge in [0.2, 0.25) is 5.82 Å². The summed E-state index contributed by atoms with van der Waals surface area (Å²) < 4.78 is 272. The molecular formula is C24BF19. The standard InChI is InChI=1S/C24BF19/c26-6-1(2-8(28)16(36)22(42)17(37)9(2)29)7(27)11(31)3(10(6)30)25(4-12(32)18(38)23(43)19(39)13(4)33)5-14(34)20(40)24(44)21(41)15(5)35. The molecule has 0 aliphatic carbocycles. The second kappa shape index (κ2) is 11.0. The van der Waals surface area contributed by atoms with Gasteiger partial charge in [-0.05, 0) is 0 Å². The molecule has 0 nitrogen and oxygen atoms in total. The lowest BCUT2D eigenvalue weighted by Crippen LogP contribution is -2.60. The van der Waals surface area contributed by atoms with Crippen molar-refractivity contribution in [3.63, 3.8) is 0 Å². The van der Waals surface area contributed by atoms with Gasteiger partial charge in [0.25, 0.3) is 6.71 Å². The van der Waals surface area contributed by atoms with Crippen LogP contribution in [0.4, 0.5) is 83.4 Å². The van der Waals surface area contributed by atoms with Gasteiger partial charge in [-0.2, -0.15) is 0 Å². The molecule has 0 fully saturated rings. The van der Waals surface area contributed by atoms with Crippen LogP contribution in [0.15, 0.2) is 0 Å². The maximum Gasteiger partial charge on any atom is 0.265 e. The van der Waals surface area contributed by atoms with Crippen molar-refractivity contribution in [1.82, 2.24) is 0 Å². The molecular weight excluding hydrogens is 660 g/mol. The van der Waals surface area contributed by atoms with Crippen molar-refractivity contribution in [3.05, 3.63) is 111 Å². The Labute approximate surface area is 229 Å². The van der Waals surface area contributed by atoms with E-state index < -0.39 is 145 Å². The minimum Gasteiger partial charge on any atom is -0.204 e. The lowest BCUT2D eigenvalue weighted by Gasteiger charge is -2.22. The van der Waals surface area contributed by atoms with Crippen molar-refractivity contribution in [2.24, 2.45) is 0 Å². The van der Waals surface area contributed by atoms with E-state index in [9.17, 15) is 65.9 Å². The fourth-order valence-electron chi connectivity index (χ4n) is 4.13. The van der Waals surface area contributed by atoms with Gasteiger partial charge in [-0.1, -0.05) is 0 Å². The molecule has 0 amide bonds. The molecule has 4 aromatic carbocycles. The normalized spacial score (nSPS) is 11.5. The highest BCUT2D eigenvalue weighted by molar-refractivity contribution is 6.95. The van der Waals surface area contributed by atoms with Crippen molar-refractivity contribution in [3.8, 4) is 11.1 Å². The van der Waals surface area contributed by atoms with Crippen LogP contribution in [0.3, 0.4) is 0 Å². The van der Waals surface area contributed by atoms with E-state index in [0.29, 0.717) is 0 Å². The highest BCUT2D eigenvalue weighted by atomic mass is 19.2. The zero-order valence-corrected chi connectivity index (χ0v) is 19.8. The number of hydrogen-bond acceptors (Lipinski definition) is 0. The second-order valence-electron chi connectivity index (χ2n) is 8.39. The fourth-order valence-corrected chi connectivity index (χ4v) is 4.13. The van der Waals surface area contributed by atoms with E-state index in [4.69, 9.17) is 0 Å². The summed E-state index contributed by atoms with van der Waals surface area (Å²) in [6, 6.07) is 0. The topological polar surface area (TPSA) is 0 Å². The Morgan fingerprint density at radius 1 is 0.182 bits per heavy atom. The summed E-state index contributed by atoms with van der Waals surface area (Å²) in [4.78, 5) is 0. The van der Waals surface area contributed by atoms with Crippen molar-refractivity contribution < 1.29 is 83.4 Å². The first-order chi connectivity index (χ1) is 20.3. The van der Waals surface area contributed by atoms with Crippen LogP contribution >= 0.6 is 0 Å². The molecule has 0 aliphatic heterocycles. The first kappa shape index (κ1) is 32.5. The number of hydrogen-bond donors (Lipinski definition) is 0. The summed E-state index contributed by atoms with van der Waals surface area (Å²) in [5, 5.41) is 0. The van der Waals surface area contributed by atoms with E-state index in [2.05, 4.69) is 0 Å². The molecule has 0 heterocycles. The first-order valence-corrected chi connectivity index (χ1v) is 10.7. The van der Waals surface area contributed by atoms with Crippen molar-refractivity contribution in [2.45, 2.75) is 0 Å². The zero-order valence-electron chi connectivity index (χ0n) is 19.8. The summed E-state index contributed by atoms with van der Waals surface area (Å²) in [5.41, 5.74) is -14.3. The Morgan fingerprint density at radius 2 is 0.318 bits per heavy atom. The van der Waals surface area contributed by atoms with Crippen LogP contribution in [0.1, 0.15) is 0 Å². The maximum absolute atomic E-state index is 15.3. The summed E-state index contributed by atoms with van der Waals surface area (Å²) in [7, 11) is 0. The Hall–Kier alpha value is -4.39. The molecule has 20 heteroatoms. The number of halogens is 19. The molecule has 0 saturated heterocycles. The third-order valence-corrected chi connectivity index (χ3v) is 6.11. The van der Waals surface area contributed by atoms with Crippen LogP contribution in [-0.4, -0.2) is 6.71 Å². The monoisotopic (exact) mass is 660 g/mol. The average Bonchev–Trinajstić information content (AvgIpc) is 2.99. The van der Waals surface area contributed by atoms with Gasteiger partial charge >= 0.3 is 0 Å². The maximum atomic E-state index is 15.3. The molecule has 4 rings (SSSR count). The molecule has 232 valence electrons. The van der Waals surface area contributed by atoms with Crippen molar-refractivity contribution in [2.75, 3.05) is 0 Å². The van der Waals surface area contributed by atoms with Gasteiger partial charge in [-0.25, -0.2) is 83.4 Å². The molecule has 0 radical (unpaired) electrons. The third-order valence-electron chi connectivity index (χ3n) is 6.11. The van der Waals surface area contributed by atoms with Gasteiger partial charge in [0.1, 0.15) is 0 Å². The highest BCUT2D eigenvalue weighted by Gasteiger charge is 2.46. The number of rotatable bonds is 4. The smallest absolute Gasteiger partial charge is 0.204 e. The molecule has 0 atom stereocenters. The first-order valence-electron chi connectivity index (χ1n) is 10.7. The van der Waals surface area contributed by atoms with Crippen LogP contribution in [0.2, 0.25) is 0 Å². The quantitative estimate of drug-likeness (QED) is 0.101. The van der Waals surface area contributed by atoms with Gasteiger partial charge in [0.15, 0.2) is 105 Å². The lowest BCUT2D eigenvalue weighted by atomic mass is 9.35. The summed E-state index contributed by atoms with van der Waals surface area (Å²) >= 11 is 0.